The third-order valence-electron chi connectivity index (χ3n) is 1.84. The van der Waals surface area contributed by atoms with Crippen LogP contribution in [-0.2, 0) is 4.74 Å². The molecule has 0 spiro atoms. The fourth-order valence-corrected chi connectivity index (χ4v) is 1.13. The molecule has 1 fully saturated rings. The van der Waals surface area contributed by atoms with Gasteiger partial charge in [0.25, 0.3) is 0 Å². The maximum Gasteiger partial charge on any atom is 0.123 e. The lowest BCUT2D eigenvalue weighted by Gasteiger charge is -2.29. The van der Waals surface area contributed by atoms with Crippen LogP contribution in [0.1, 0.15) is 6.42 Å². The molecule has 0 bridgehead atoms. The Morgan fingerprint density at radius 2 is 2.36 bits per heavy atom. The zero-order valence-electron chi connectivity index (χ0n) is 6.01. The van der Waals surface area contributed by atoms with Crippen molar-refractivity contribution in [2.75, 3.05) is 13.2 Å². The number of nitroso groups, excluding NO2 is 1. The average Bonchev–Trinajstić information content (AvgIpc) is 2.05. The van der Waals surface area contributed by atoms with E-state index in [0.29, 0.717) is 13.0 Å². The summed E-state index contributed by atoms with van der Waals surface area (Å²) in [6.07, 6.45) is -1.17. The van der Waals surface area contributed by atoms with Gasteiger partial charge in [0.05, 0.1) is 6.61 Å². The van der Waals surface area contributed by atoms with Crippen LogP contribution >= 0.6 is 0 Å². The maximum absolute atomic E-state index is 10.1. The van der Waals surface area contributed by atoms with Crippen molar-refractivity contribution in [1.82, 2.24) is 0 Å². The van der Waals surface area contributed by atoms with Crippen molar-refractivity contribution in [1.29, 1.82) is 0 Å². The molecule has 1 rings (SSSR count). The lowest BCUT2D eigenvalue weighted by molar-refractivity contribution is -0.103. The summed E-state index contributed by atoms with van der Waals surface area (Å²) < 4.78 is 4.97. The molecule has 1 aliphatic heterocycles. The molecule has 0 unspecified atom stereocenters. The highest BCUT2D eigenvalue weighted by molar-refractivity contribution is 4.85. The molecule has 0 saturated carbocycles. The Kier molecular flexibility index (Phi) is 2.92. The molecule has 0 aromatic carbocycles. The lowest BCUT2D eigenvalue weighted by atomic mass is 10.0. The normalized spacial score (nSPS) is 38.5. The van der Waals surface area contributed by atoms with Gasteiger partial charge >= 0.3 is 0 Å². The number of rotatable bonds is 2. The minimum Gasteiger partial charge on any atom is -0.394 e. The van der Waals surface area contributed by atoms with Crippen molar-refractivity contribution < 1.29 is 14.9 Å². The summed E-state index contributed by atoms with van der Waals surface area (Å²) in [7, 11) is 0. The molecule has 5 heteroatoms. The van der Waals surface area contributed by atoms with Gasteiger partial charge in [0, 0.05) is 6.61 Å². The maximum atomic E-state index is 10.1. The number of nitrogens with zero attached hydrogens (tertiary/aromatic N) is 1. The monoisotopic (exact) mass is 161 g/mol. The molecule has 11 heavy (non-hydrogen) atoms. The second-order valence-corrected chi connectivity index (χ2v) is 2.54. The van der Waals surface area contributed by atoms with E-state index >= 15 is 0 Å². The molecule has 5 nitrogen and oxygen atoms in total. The van der Waals surface area contributed by atoms with Crippen LogP contribution in [-0.4, -0.2) is 41.7 Å². The minimum atomic E-state index is -0.953. The number of aliphatic hydroxyl groups is 2. The standard InChI is InChI=1S/C6H11NO4/c8-3-5-6(9)4(7-10)1-2-11-5/h4-6,8-9H,1-3H2/t4-,5-,6+/m1/s1. The largest absolute Gasteiger partial charge is 0.394 e. The highest BCUT2D eigenvalue weighted by Gasteiger charge is 2.32. The number of hydrogen-bond donors (Lipinski definition) is 2. The van der Waals surface area contributed by atoms with Crippen LogP contribution < -0.4 is 0 Å². The Balaban J connectivity index is 2.51. The van der Waals surface area contributed by atoms with Gasteiger partial charge in [-0.2, -0.15) is 4.91 Å². The summed E-state index contributed by atoms with van der Waals surface area (Å²) in [4.78, 5) is 10.1. The highest BCUT2D eigenvalue weighted by atomic mass is 16.5. The first-order valence-corrected chi connectivity index (χ1v) is 3.52. The Morgan fingerprint density at radius 3 is 2.91 bits per heavy atom. The third-order valence-corrected chi connectivity index (χ3v) is 1.84. The summed E-state index contributed by atoms with van der Waals surface area (Å²) in [5, 5.41) is 20.6. The zero-order chi connectivity index (χ0) is 8.27. The van der Waals surface area contributed by atoms with Gasteiger partial charge in [-0.1, -0.05) is 5.18 Å². The number of hydrogen-bond acceptors (Lipinski definition) is 5. The molecule has 0 aliphatic carbocycles. The van der Waals surface area contributed by atoms with Crippen LogP contribution in [0.3, 0.4) is 0 Å². The summed E-state index contributed by atoms with van der Waals surface area (Å²) in [5.74, 6) is 0. The van der Waals surface area contributed by atoms with Gasteiger partial charge in [-0.3, -0.25) is 0 Å². The van der Waals surface area contributed by atoms with E-state index in [0.717, 1.165) is 0 Å². The molecule has 1 heterocycles. The first-order chi connectivity index (χ1) is 5.29. The highest BCUT2D eigenvalue weighted by Crippen LogP contribution is 2.16. The van der Waals surface area contributed by atoms with E-state index in [1.54, 1.807) is 0 Å². The molecule has 0 amide bonds. The van der Waals surface area contributed by atoms with Crippen LogP contribution in [0.5, 0.6) is 0 Å². The summed E-state index contributed by atoms with van der Waals surface area (Å²) in [6, 6.07) is -0.624. The van der Waals surface area contributed by atoms with Gasteiger partial charge in [0.15, 0.2) is 0 Å². The third kappa shape index (κ3) is 1.74. The van der Waals surface area contributed by atoms with Crippen molar-refractivity contribution >= 4 is 0 Å². The van der Waals surface area contributed by atoms with Crippen LogP contribution in [0.25, 0.3) is 0 Å². The molecular formula is C6H11NO4. The van der Waals surface area contributed by atoms with E-state index < -0.39 is 18.2 Å². The van der Waals surface area contributed by atoms with E-state index in [-0.39, 0.29) is 6.61 Å². The van der Waals surface area contributed by atoms with Gasteiger partial charge in [0.1, 0.15) is 18.2 Å². The van der Waals surface area contributed by atoms with Crippen LogP contribution in [0.15, 0.2) is 5.18 Å². The van der Waals surface area contributed by atoms with Gasteiger partial charge in [-0.15, -0.1) is 0 Å². The van der Waals surface area contributed by atoms with Crippen LogP contribution in [0, 0.1) is 4.91 Å². The van der Waals surface area contributed by atoms with Crippen molar-refractivity contribution in [3.05, 3.63) is 4.91 Å². The Morgan fingerprint density at radius 1 is 1.64 bits per heavy atom. The molecule has 0 aromatic rings. The number of aliphatic hydroxyl groups excluding tert-OH is 2. The Hall–Kier alpha value is -0.520. The average molecular weight is 161 g/mol. The predicted octanol–water partition coefficient (Wildman–Crippen LogP) is -0.737. The van der Waals surface area contributed by atoms with Crippen molar-refractivity contribution in [3.8, 4) is 0 Å². The van der Waals surface area contributed by atoms with Crippen LogP contribution in [0.4, 0.5) is 0 Å². The molecule has 2 N–H and O–H groups in total. The Bertz CT molecular complexity index is 141. The summed E-state index contributed by atoms with van der Waals surface area (Å²) in [6.45, 7) is 0.103. The van der Waals surface area contributed by atoms with Gasteiger partial charge in [0.2, 0.25) is 0 Å². The van der Waals surface area contributed by atoms with Gasteiger partial charge in [-0.05, 0) is 6.42 Å². The van der Waals surface area contributed by atoms with Gasteiger partial charge < -0.3 is 14.9 Å². The summed E-state index contributed by atoms with van der Waals surface area (Å²) in [5.41, 5.74) is 0. The van der Waals surface area contributed by atoms with E-state index in [2.05, 4.69) is 5.18 Å². The van der Waals surface area contributed by atoms with E-state index in [1.807, 2.05) is 0 Å². The molecule has 0 radical (unpaired) electrons. The van der Waals surface area contributed by atoms with Crippen LogP contribution in [0.2, 0.25) is 0 Å². The second-order valence-electron chi connectivity index (χ2n) is 2.54. The zero-order valence-corrected chi connectivity index (χ0v) is 6.01. The summed E-state index contributed by atoms with van der Waals surface area (Å²) >= 11 is 0. The van der Waals surface area contributed by atoms with Gasteiger partial charge in [-0.25, -0.2) is 0 Å². The Labute approximate surface area is 64.0 Å². The number of ether oxygens (including phenoxy) is 1. The quantitative estimate of drug-likeness (QED) is 0.523. The molecule has 1 aliphatic rings. The fraction of sp³-hybridized carbons (Fsp3) is 1.00. The van der Waals surface area contributed by atoms with E-state index in [4.69, 9.17) is 9.84 Å². The molecule has 64 valence electrons. The smallest absolute Gasteiger partial charge is 0.123 e. The van der Waals surface area contributed by atoms with E-state index in [9.17, 15) is 10.0 Å². The fourth-order valence-electron chi connectivity index (χ4n) is 1.13. The minimum absolute atomic E-state index is 0.271. The van der Waals surface area contributed by atoms with E-state index in [1.165, 1.54) is 0 Å². The van der Waals surface area contributed by atoms with Crippen molar-refractivity contribution in [2.45, 2.75) is 24.7 Å². The topological polar surface area (TPSA) is 79.1 Å². The lowest BCUT2D eigenvalue weighted by Crippen LogP contribution is -2.45. The molecule has 0 aromatic heterocycles. The van der Waals surface area contributed by atoms with Crippen molar-refractivity contribution in [2.24, 2.45) is 5.18 Å². The molecular weight excluding hydrogens is 150 g/mol. The predicted molar refractivity (Wildman–Crippen MR) is 37.0 cm³/mol. The second kappa shape index (κ2) is 3.75. The SMILES string of the molecule is O=N[C@@H]1CCO[C@H](CO)[C@H]1O. The first-order valence-electron chi connectivity index (χ1n) is 3.52. The first kappa shape index (κ1) is 8.58. The molecule has 3 atom stereocenters. The van der Waals surface area contributed by atoms with Crippen molar-refractivity contribution in [3.63, 3.8) is 0 Å². The molecule has 1 saturated heterocycles.